The van der Waals surface area contributed by atoms with Crippen LogP contribution in [0, 0.1) is 13.8 Å². The Bertz CT molecular complexity index is 711. The molecule has 0 aliphatic carbocycles. The van der Waals surface area contributed by atoms with Gasteiger partial charge in [-0.05, 0) is 19.4 Å². The quantitative estimate of drug-likeness (QED) is 0.709. The lowest BCUT2D eigenvalue weighted by atomic mass is 10.2. The van der Waals surface area contributed by atoms with Gasteiger partial charge in [0, 0.05) is 23.7 Å². The molecule has 3 aromatic rings. The summed E-state index contributed by atoms with van der Waals surface area (Å²) in [4.78, 5) is 15.5. The third-order valence-corrected chi connectivity index (χ3v) is 4.32. The van der Waals surface area contributed by atoms with Crippen LogP contribution in [0.2, 0.25) is 0 Å². The Hall–Kier alpha value is -1.75. The number of fused-ring (bicyclic) bond motifs is 1. The van der Waals surface area contributed by atoms with Crippen molar-refractivity contribution in [1.82, 2.24) is 19.5 Å². The van der Waals surface area contributed by atoms with Crippen LogP contribution in [0.1, 0.15) is 23.2 Å². The van der Waals surface area contributed by atoms with Crippen molar-refractivity contribution >= 4 is 21.6 Å². The summed E-state index contributed by atoms with van der Waals surface area (Å²) in [5.41, 5.74) is 1.27. The van der Waals surface area contributed by atoms with Gasteiger partial charge in [0.15, 0.2) is 5.82 Å². The molecule has 0 bridgehead atoms. The van der Waals surface area contributed by atoms with Gasteiger partial charge in [-0.3, -0.25) is 4.57 Å². The number of imidazole rings is 1. The van der Waals surface area contributed by atoms with Crippen molar-refractivity contribution in [3.8, 4) is 5.82 Å². The van der Waals surface area contributed by atoms with Crippen LogP contribution < -0.4 is 0 Å². The van der Waals surface area contributed by atoms with Gasteiger partial charge in [0.25, 0.3) is 0 Å². The minimum atomic E-state index is 0.890. The highest BCUT2D eigenvalue weighted by Gasteiger charge is 2.14. The molecule has 0 N–H and O–H groups in total. The highest BCUT2D eigenvalue weighted by atomic mass is 32.1. The van der Waals surface area contributed by atoms with Gasteiger partial charge in [-0.2, -0.15) is 0 Å². The lowest BCUT2D eigenvalue weighted by Gasteiger charge is -2.07. The SMILES string of the molecule is CCc1nccn1-c1ncnc2sc(C)c(C)c12. The van der Waals surface area contributed by atoms with Crippen molar-refractivity contribution in [3.05, 3.63) is 35.0 Å². The Morgan fingerprint density at radius 3 is 2.83 bits per heavy atom. The molecule has 4 nitrogen and oxygen atoms in total. The second-order valence-electron chi connectivity index (χ2n) is 4.23. The zero-order valence-corrected chi connectivity index (χ0v) is 11.5. The molecule has 0 radical (unpaired) electrons. The van der Waals surface area contributed by atoms with Crippen LogP contribution in [0.3, 0.4) is 0 Å². The molecule has 3 rings (SSSR count). The van der Waals surface area contributed by atoms with Gasteiger partial charge in [-0.25, -0.2) is 15.0 Å². The molecular weight excluding hydrogens is 244 g/mol. The van der Waals surface area contributed by atoms with Crippen LogP contribution in [0.4, 0.5) is 0 Å². The van der Waals surface area contributed by atoms with Gasteiger partial charge >= 0.3 is 0 Å². The number of thiophene rings is 1. The van der Waals surface area contributed by atoms with Crippen LogP contribution >= 0.6 is 11.3 Å². The lowest BCUT2D eigenvalue weighted by Crippen LogP contribution is -2.02. The summed E-state index contributed by atoms with van der Waals surface area (Å²) in [5.74, 6) is 1.97. The molecule has 3 heterocycles. The highest BCUT2D eigenvalue weighted by molar-refractivity contribution is 7.18. The van der Waals surface area contributed by atoms with Crippen LogP contribution in [-0.2, 0) is 6.42 Å². The average Bonchev–Trinajstić information content (AvgIpc) is 2.95. The Balaban J connectivity index is 2.36. The van der Waals surface area contributed by atoms with Crippen molar-refractivity contribution in [2.75, 3.05) is 0 Å². The number of aryl methyl sites for hydroxylation is 3. The maximum absolute atomic E-state index is 4.45. The first-order valence-corrected chi connectivity index (χ1v) is 6.77. The predicted octanol–water partition coefficient (Wildman–Crippen LogP) is 3.06. The molecule has 0 spiro atoms. The van der Waals surface area contributed by atoms with Gasteiger partial charge < -0.3 is 0 Å². The molecule has 3 aromatic heterocycles. The Morgan fingerprint density at radius 1 is 1.22 bits per heavy atom. The Morgan fingerprint density at radius 2 is 2.06 bits per heavy atom. The molecular formula is C13H14N4S. The Kier molecular flexibility index (Phi) is 2.63. The minimum absolute atomic E-state index is 0.890. The molecule has 18 heavy (non-hydrogen) atoms. The number of aromatic nitrogens is 4. The van der Waals surface area contributed by atoms with Gasteiger partial charge in [0.05, 0.1) is 5.39 Å². The van der Waals surface area contributed by atoms with Crippen molar-refractivity contribution in [2.45, 2.75) is 27.2 Å². The highest BCUT2D eigenvalue weighted by Crippen LogP contribution is 2.31. The summed E-state index contributed by atoms with van der Waals surface area (Å²) in [7, 11) is 0. The smallest absolute Gasteiger partial charge is 0.150 e. The first kappa shape index (κ1) is 11.3. The second-order valence-corrected chi connectivity index (χ2v) is 5.43. The molecule has 0 saturated heterocycles. The van der Waals surface area contributed by atoms with Crippen molar-refractivity contribution in [2.24, 2.45) is 0 Å². The van der Waals surface area contributed by atoms with E-state index in [4.69, 9.17) is 0 Å². The fourth-order valence-corrected chi connectivity index (χ4v) is 3.13. The third kappa shape index (κ3) is 1.54. The Labute approximate surface area is 109 Å². The molecule has 0 unspecified atom stereocenters. The van der Waals surface area contributed by atoms with E-state index in [1.54, 1.807) is 17.7 Å². The molecule has 0 aromatic carbocycles. The maximum atomic E-state index is 4.45. The molecule has 0 amide bonds. The maximum Gasteiger partial charge on any atom is 0.150 e. The zero-order valence-electron chi connectivity index (χ0n) is 10.6. The summed E-state index contributed by atoms with van der Waals surface area (Å²) >= 11 is 1.72. The van der Waals surface area contributed by atoms with Crippen molar-refractivity contribution in [3.63, 3.8) is 0 Å². The van der Waals surface area contributed by atoms with Gasteiger partial charge in [0.2, 0.25) is 0 Å². The summed E-state index contributed by atoms with van der Waals surface area (Å²) < 4.78 is 2.06. The van der Waals surface area contributed by atoms with Crippen LogP contribution in [0.15, 0.2) is 18.7 Å². The first-order valence-electron chi connectivity index (χ1n) is 5.95. The number of hydrogen-bond donors (Lipinski definition) is 0. The zero-order chi connectivity index (χ0) is 12.7. The van der Waals surface area contributed by atoms with E-state index in [1.807, 2.05) is 12.4 Å². The minimum Gasteiger partial charge on any atom is -0.287 e. The van der Waals surface area contributed by atoms with Crippen molar-refractivity contribution in [1.29, 1.82) is 0 Å². The fraction of sp³-hybridized carbons (Fsp3) is 0.308. The van der Waals surface area contributed by atoms with E-state index in [2.05, 4.69) is 40.3 Å². The van der Waals surface area contributed by atoms with E-state index >= 15 is 0 Å². The predicted molar refractivity (Wildman–Crippen MR) is 73.4 cm³/mol. The largest absolute Gasteiger partial charge is 0.287 e. The topological polar surface area (TPSA) is 43.6 Å². The van der Waals surface area contributed by atoms with Gasteiger partial charge in [-0.15, -0.1) is 11.3 Å². The van der Waals surface area contributed by atoms with E-state index < -0.39 is 0 Å². The first-order chi connectivity index (χ1) is 8.72. The molecule has 0 saturated carbocycles. The second kappa shape index (κ2) is 4.17. The average molecular weight is 258 g/mol. The van der Waals surface area contributed by atoms with E-state index in [-0.39, 0.29) is 0 Å². The molecule has 5 heteroatoms. The number of nitrogens with zero attached hydrogens (tertiary/aromatic N) is 4. The van der Waals surface area contributed by atoms with E-state index in [1.165, 1.54) is 10.4 Å². The van der Waals surface area contributed by atoms with Gasteiger partial charge in [0.1, 0.15) is 17.0 Å². The van der Waals surface area contributed by atoms with Crippen LogP contribution in [-0.4, -0.2) is 19.5 Å². The monoisotopic (exact) mass is 258 g/mol. The fourth-order valence-electron chi connectivity index (χ4n) is 2.14. The summed E-state index contributed by atoms with van der Waals surface area (Å²) in [6, 6.07) is 0. The van der Waals surface area contributed by atoms with E-state index in [9.17, 15) is 0 Å². The molecule has 0 atom stereocenters. The van der Waals surface area contributed by atoms with Crippen LogP contribution in [0.5, 0.6) is 0 Å². The van der Waals surface area contributed by atoms with E-state index in [0.29, 0.717) is 0 Å². The molecule has 92 valence electrons. The third-order valence-electron chi connectivity index (χ3n) is 3.21. The number of hydrogen-bond acceptors (Lipinski definition) is 4. The summed E-state index contributed by atoms with van der Waals surface area (Å²) in [5, 5.41) is 1.15. The summed E-state index contributed by atoms with van der Waals surface area (Å²) in [6.45, 7) is 6.35. The standard InChI is InChI=1S/C13H14N4S/c1-4-10-14-5-6-17(10)12-11-8(2)9(3)18-13(11)16-7-15-12/h5-7H,4H2,1-3H3. The lowest BCUT2D eigenvalue weighted by molar-refractivity contribution is 0.870. The van der Waals surface area contributed by atoms with Gasteiger partial charge in [-0.1, -0.05) is 6.92 Å². The van der Waals surface area contributed by atoms with E-state index in [0.717, 1.165) is 28.3 Å². The molecule has 0 aliphatic rings. The van der Waals surface area contributed by atoms with Crippen molar-refractivity contribution < 1.29 is 0 Å². The molecule has 0 aliphatic heterocycles. The normalized spacial score (nSPS) is 11.3. The van der Waals surface area contributed by atoms with Crippen LogP contribution in [0.25, 0.3) is 16.0 Å². The number of rotatable bonds is 2. The molecule has 0 fully saturated rings. The summed E-state index contributed by atoms with van der Waals surface area (Å²) in [6.07, 6.45) is 6.31.